The van der Waals surface area contributed by atoms with Crippen molar-refractivity contribution >= 4 is 17.7 Å². The molecule has 8 heteroatoms. The fraction of sp³-hybridized carbons (Fsp3) is 0.350. The molecule has 0 saturated heterocycles. The maximum Gasteiger partial charge on any atom is 0.230 e. The van der Waals surface area contributed by atoms with E-state index in [9.17, 15) is 4.79 Å². The first-order valence-corrected chi connectivity index (χ1v) is 10.1. The Bertz CT molecular complexity index is 922. The smallest absolute Gasteiger partial charge is 0.230 e. The van der Waals surface area contributed by atoms with Crippen molar-refractivity contribution in [1.82, 2.24) is 20.1 Å². The van der Waals surface area contributed by atoms with Crippen LogP contribution in [0.15, 0.2) is 46.2 Å². The monoisotopic (exact) mass is 400 g/mol. The maximum atomic E-state index is 12.0. The normalized spacial score (nSPS) is 10.8. The molecule has 2 heterocycles. The van der Waals surface area contributed by atoms with Crippen molar-refractivity contribution < 1.29 is 13.9 Å². The highest BCUT2D eigenvalue weighted by atomic mass is 32.2. The first kappa shape index (κ1) is 20.0. The van der Waals surface area contributed by atoms with Gasteiger partial charge in [0.05, 0.1) is 18.6 Å². The average Bonchev–Trinajstić information content (AvgIpc) is 3.33. The molecule has 0 saturated carbocycles. The summed E-state index contributed by atoms with van der Waals surface area (Å²) in [5.41, 5.74) is 2.29. The van der Waals surface area contributed by atoms with E-state index in [1.807, 2.05) is 36.6 Å². The minimum absolute atomic E-state index is 0.0832. The van der Waals surface area contributed by atoms with Gasteiger partial charge in [0.1, 0.15) is 18.1 Å². The zero-order valence-electron chi connectivity index (χ0n) is 16.3. The molecule has 148 valence electrons. The number of nitrogens with one attached hydrogen (secondary N) is 1. The second-order valence-corrected chi connectivity index (χ2v) is 7.29. The number of thioether (sulfide) groups is 1. The Balaban J connectivity index is 1.54. The van der Waals surface area contributed by atoms with Crippen molar-refractivity contribution in [3.8, 4) is 5.75 Å². The van der Waals surface area contributed by atoms with Gasteiger partial charge in [0.25, 0.3) is 0 Å². The zero-order valence-corrected chi connectivity index (χ0v) is 17.1. The Hall–Kier alpha value is -2.74. The van der Waals surface area contributed by atoms with E-state index in [1.54, 1.807) is 12.3 Å². The second-order valence-electron chi connectivity index (χ2n) is 6.35. The van der Waals surface area contributed by atoms with Crippen LogP contribution in [0.4, 0.5) is 0 Å². The Labute approximate surface area is 168 Å². The number of nitrogens with zero attached hydrogens (tertiary/aromatic N) is 3. The van der Waals surface area contributed by atoms with Gasteiger partial charge in [-0.1, -0.05) is 29.5 Å². The van der Waals surface area contributed by atoms with Gasteiger partial charge in [-0.2, -0.15) is 0 Å². The number of aromatic nitrogens is 3. The van der Waals surface area contributed by atoms with Crippen LogP contribution in [0.2, 0.25) is 0 Å². The van der Waals surface area contributed by atoms with Crippen LogP contribution in [-0.2, 0) is 24.5 Å². The highest BCUT2D eigenvalue weighted by Crippen LogP contribution is 2.21. The SMILES string of the molecule is CCn1c(COc2ccc(C)cc2C)nnc1SCC(=O)NCc1ccco1. The molecule has 0 radical (unpaired) electrons. The Morgan fingerprint density at radius 1 is 1.29 bits per heavy atom. The standard InChI is InChI=1S/C20H24N4O3S/c1-4-24-18(12-27-17-8-7-14(2)10-15(17)3)22-23-20(24)28-13-19(25)21-11-16-6-5-9-26-16/h5-10H,4,11-13H2,1-3H3,(H,21,25). The van der Waals surface area contributed by atoms with E-state index in [0.717, 1.165) is 22.9 Å². The van der Waals surface area contributed by atoms with Crippen molar-refractivity contribution in [2.45, 2.75) is 45.6 Å². The summed E-state index contributed by atoms with van der Waals surface area (Å²) in [6.07, 6.45) is 1.58. The third-order valence-electron chi connectivity index (χ3n) is 4.17. The fourth-order valence-electron chi connectivity index (χ4n) is 2.73. The van der Waals surface area contributed by atoms with Gasteiger partial charge in [0, 0.05) is 6.54 Å². The molecule has 28 heavy (non-hydrogen) atoms. The topological polar surface area (TPSA) is 82.2 Å². The highest BCUT2D eigenvalue weighted by Gasteiger charge is 2.14. The summed E-state index contributed by atoms with van der Waals surface area (Å²) >= 11 is 1.36. The van der Waals surface area contributed by atoms with Crippen LogP contribution in [-0.4, -0.2) is 26.4 Å². The molecule has 0 aliphatic rings. The molecule has 0 atom stereocenters. The summed E-state index contributed by atoms with van der Waals surface area (Å²) in [7, 11) is 0. The number of amides is 1. The third-order valence-corrected chi connectivity index (χ3v) is 5.14. The summed E-state index contributed by atoms with van der Waals surface area (Å²) in [5.74, 6) is 2.47. The third kappa shape index (κ3) is 5.16. The van der Waals surface area contributed by atoms with E-state index in [-0.39, 0.29) is 11.7 Å². The van der Waals surface area contributed by atoms with Gasteiger partial charge in [-0.25, -0.2) is 0 Å². The average molecular weight is 401 g/mol. The molecule has 3 aromatic rings. The molecule has 0 unspecified atom stereocenters. The van der Waals surface area contributed by atoms with Gasteiger partial charge >= 0.3 is 0 Å². The molecule has 1 N–H and O–H groups in total. The maximum absolute atomic E-state index is 12.0. The Morgan fingerprint density at radius 3 is 2.86 bits per heavy atom. The van der Waals surface area contributed by atoms with Crippen LogP contribution < -0.4 is 10.1 Å². The fourth-order valence-corrected chi connectivity index (χ4v) is 3.58. The van der Waals surface area contributed by atoms with Gasteiger partial charge in [0.15, 0.2) is 11.0 Å². The zero-order chi connectivity index (χ0) is 19.9. The van der Waals surface area contributed by atoms with Crippen molar-refractivity contribution in [3.63, 3.8) is 0 Å². The molecule has 7 nitrogen and oxygen atoms in total. The van der Waals surface area contributed by atoms with E-state index in [0.29, 0.717) is 24.9 Å². The largest absolute Gasteiger partial charge is 0.485 e. The van der Waals surface area contributed by atoms with E-state index in [1.165, 1.54) is 17.3 Å². The number of rotatable bonds is 9. The number of carbonyl (C=O) groups is 1. The van der Waals surface area contributed by atoms with Crippen molar-refractivity contribution in [2.75, 3.05) is 5.75 Å². The number of carbonyl (C=O) groups excluding carboxylic acids is 1. The number of hydrogen-bond acceptors (Lipinski definition) is 6. The predicted octanol–water partition coefficient (Wildman–Crippen LogP) is 3.50. The van der Waals surface area contributed by atoms with Gasteiger partial charge in [-0.15, -0.1) is 10.2 Å². The van der Waals surface area contributed by atoms with Crippen molar-refractivity contribution in [1.29, 1.82) is 0 Å². The molecule has 0 aliphatic heterocycles. The molecular weight excluding hydrogens is 376 g/mol. The Kier molecular flexibility index (Phi) is 6.76. The summed E-state index contributed by atoms with van der Waals surface area (Å²) < 4.78 is 13.1. The predicted molar refractivity (Wildman–Crippen MR) is 107 cm³/mol. The summed E-state index contributed by atoms with van der Waals surface area (Å²) in [4.78, 5) is 12.0. The van der Waals surface area contributed by atoms with Crippen LogP contribution >= 0.6 is 11.8 Å². The van der Waals surface area contributed by atoms with Gasteiger partial charge in [-0.05, 0) is 44.5 Å². The molecule has 3 rings (SSSR count). The number of hydrogen-bond donors (Lipinski definition) is 1. The van der Waals surface area contributed by atoms with E-state index in [4.69, 9.17) is 9.15 Å². The quantitative estimate of drug-likeness (QED) is 0.554. The summed E-state index contributed by atoms with van der Waals surface area (Å²) in [6, 6.07) is 9.69. The van der Waals surface area contributed by atoms with Gasteiger partial charge in [0.2, 0.25) is 5.91 Å². The van der Waals surface area contributed by atoms with Crippen LogP contribution in [0.3, 0.4) is 0 Å². The molecule has 0 fully saturated rings. The Morgan fingerprint density at radius 2 is 2.14 bits per heavy atom. The van der Waals surface area contributed by atoms with Crippen LogP contribution in [0, 0.1) is 13.8 Å². The second kappa shape index (κ2) is 9.45. The first-order valence-electron chi connectivity index (χ1n) is 9.10. The van der Waals surface area contributed by atoms with Crippen LogP contribution in [0.25, 0.3) is 0 Å². The lowest BCUT2D eigenvalue weighted by molar-refractivity contribution is -0.118. The number of ether oxygens (including phenoxy) is 1. The molecule has 2 aromatic heterocycles. The van der Waals surface area contributed by atoms with Crippen LogP contribution in [0.1, 0.15) is 29.6 Å². The minimum atomic E-state index is -0.0832. The molecule has 0 aliphatic carbocycles. The number of aryl methyl sites for hydroxylation is 2. The van der Waals surface area contributed by atoms with Gasteiger partial charge in [-0.3, -0.25) is 4.79 Å². The number of furan rings is 1. The lowest BCUT2D eigenvalue weighted by Gasteiger charge is -2.11. The van der Waals surface area contributed by atoms with Gasteiger partial charge < -0.3 is 19.0 Å². The lowest BCUT2D eigenvalue weighted by Crippen LogP contribution is -2.24. The van der Waals surface area contributed by atoms with Crippen molar-refractivity contribution in [3.05, 3.63) is 59.3 Å². The lowest BCUT2D eigenvalue weighted by atomic mass is 10.1. The minimum Gasteiger partial charge on any atom is -0.485 e. The molecule has 0 bridgehead atoms. The summed E-state index contributed by atoms with van der Waals surface area (Å²) in [5, 5.41) is 12.0. The molecule has 1 amide bonds. The highest BCUT2D eigenvalue weighted by molar-refractivity contribution is 7.99. The molecule has 1 aromatic carbocycles. The first-order chi connectivity index (χ1) is 13.6. The van der Waals surface area contributed by atoms with E-state index in [2.05, 4.69) is 28.5 Å². The number of benzene rings is 1. The molecule has 0 spiro atoms. The van der Waals surface area contributed by atoms with E-state index < -0.39 is 0 Å². The summed E-state index contributed by atoms with van der Waals surface area (Å²) in [6.45, 7) is 7.51. The molecular formula is C20H24N4O3S. The van der Waals surface area contributed by atoms with E-state index >= 15 is 0 Å². The van der Waals surface area contributed by atoms with Crippen LogP contribution in [0.5, 0.6) is 5.75 Å². The van der Waals surface area contributed by atoms with Crippen molar-refractivity contribution in [2.24, 2.45) is 0 Å².